The molecule has 0 radical (unpaired) electrons. The summed E-state index contributed by atoms with van der Waals surface area (Å²) in [6, 6.07) is 13.3. The number of hydrogen-bond acceptors (Lipinski definition) is 2. The lowest BCUT2D eigenvalue weighted by Gasteiger charge is -2.09. The zero-order chi connectivity index (χ0) is 15.2. The lowest BCUT2D eigenvalue weighted by atomic mass is 10.1. The van der Waals surface area contributed by atoms with Crippen molar-refractivity contribution < 1.29 is 9.53 Å². The van der Waals surface area contributed by atoms with Gasteiger partial charge in [-0.25, -0.2) is 0 Å². The average molecular weight is 348 g/mol. The maximum Gasteiger partial charge on any atom is 0.251 e. The van der Waals surface area contributed by atoms with Crippen LogP contribution in [-0.4, -0.2) is 19.1 Å². The van der Waals surface area contributed by atoms with Gasteiger partial charge in [-0.1, -0.05) is 22.0 Å². The van der Waals surface area contributed by atoms with Gasteiger partial charge in [0.25, 0.3) is 5.91 Å². The summed E-state index contributed by atoms with van der Waals surface area (Å²) in [4.78, 5) is 12.0. The van der Waals surface area contributed by atoms with Gasteiger partial charge in [-0.15, -0.1) is 0 Å². The monoisotopic (exact) mass is 347 g/mol. The van der Waals surface area contributed by atoms with Crippen LogP contribution in [0.3, 0.4) is 0 Å². The first kappa shape index (κ1) is 15.6. The van der Waals surface area contributed by atoms with E-state index in [1.165, 1.54) is 5.56 Å². The summed E-state index contributed by atoms with van der Waals surface area (Å²) >= 11 is 3.37. The van der Waals surface area contributed by atoms with E-state index in [0.717, 1.165) is 15.8 Å². The van der Waals surface area contributed by atoms with E-state index in [0.29, 0.717) is 18.7 Å². The number of amides is 1. The normalized spacial score (nSPS) is 10.2. The summed E-state index contributed by atoms with van der Waals surface area (Å²) in [6.45, 7) is 4.95. The molecular formula is C17H18BrNO2. The molecule has 110 valence electrons. The van der Waals surface area contributed by atoms with Crippen LogP contribution in [0.5, 0.6) is 5.75 Å². The Labute approximate surface area is 133 Å². The lowest BCUT2D eigenvalue weighted by molar-refractivity contribution is 0.0947. The molecule has 4 heteroatoms. The highest BCUT2D eigenvalue weighted by molar-refractivity contribution is 9.10. The second-order valence-corrected chi connectivity index (χ2v) is 5.77. The Morgan fingerprint density at radius 1 is 1.10 bits per heavy atom. The number of carbonyl (C=O) groups excluding carboxylic acids is 1. The molecule has 0 saturated carbocycles. The van der Waals surface area contributed by atoms with E-state index < -0.39 is 0 Å². The Balaban J connectivity index is 1.79. The topological polar surface area (TPSA) is 38.3 Å². The molecule has 0 heterocycles. The molecule has 21 heavy (non-hydrogen) atoms. The van der Waals surface area contributed by atoms with Crippen LogP contribution >= 0.6 is 15.9 Å². The molecule has 0 bridgehead atoms. The zero-order valence-electron chi connectivity index (χ0n) is 12.2. The van der Waals surface area contributed by atoms with Crippen molar-refractivity contribution in [3.05, 3.63) is 63.6 Å². The van der Waals surface area contributed by atoms with Gasteiger partial charge in [-0.2, -0.15) is 0 Å². The molecule has 0 aromatic heterocycles. The van der Waals surface area contributed by atoms with Crippen LogP contribution in [-0.2, 0) is 0 Å². The number of benzene rings is 2. The number of nitrogens with one attached hydrogen (secondary N) is 1. The van der Waals surface area contributed by atoms with Crippen LogP contribution in [0.2, 0.25) is 0 Å². The van der Waals surface area contributed by atoms with Gasteiger partial charge in [0.15, 0.2) is 0 Å². The van der Waals surface area contributed by atoms with Gasteiger partial charge < -0.3 is 10.1 Å². The summed E-state index contributed by atoms with van der Waals surface area (Å²) in [7, 11) is 0. The molecule has 2 aromatic carbocycles. The highest BCUT2D eigenvalue weighted by Crippen LogP contribution is 2.15. The van der Waals surface area contributed by atoms with Crippen LogP contribution in [0.4, 0.5) is 0 Å². The van der Waals surface area contributed by atoms with E-state index in [4.69, 9.17) is 4.74 Å². The van der Waals surface area contributed by atoms with Crippen LogP contribution in [0.15, 0.2) is 46.9 Å². The smallest absolute Gasteiger partial charge is 0.251 e. The fourth-order valence-corrected chi connectivity index (χ4v) is 2.11. The van der Waals surface area contributed by atoms with Gasteiger partial charge in [0.2, 0.25) is 0 Å². The van der Waals surface area contributed by atoms with Crippen LogP contribution in [0.25, 0.3) is 0 Å². The molecule has 1 amide bonds. The Kier molecular flexibility index (Phi) is 5.39. The number of carbonyl (C=O) groups is 1. The minimum Gasteiger partial charge on any atom is -0.492 e. The van der Waals surface area contributed by atoms with Crippen molar-refractivity contribution in [2.75, 3.05) is 13.2 Å². The molecule has 0 fully saturated rings. The minimum absolute atomic E-state index is 0.0718. The van der Waals surface area contributed by atoms with E-state index in [-0.39, 0.29) is 5.91 Å². The van der Waals surface area contributed by atoms with Crippen molar-refractivity contribution in [3.8, 4) is 5.75 Å². The van der Waals surface area contributed by atoms with Gasteiger partial charge in [-0.05, 0) is 61.4 Å². The molecule has 0 unspecified atom stereocenters. The van der Waals surface area contributed by atoms with Crippen LogP contribution in [0, 0.1) is 13.8 Å². The van der Waals surface area contributed by atoms with E-state index >= 15 is 0 Å². The molecule has 3 nitrogen and oxygen atoms in total. The summed E-state index contributed by atoms with van der Waals surface area (Å²) in [5.74, 6) is 0.719. The van der Waals surface area contributed by atoms with Gasteiger partial charge in [-0.3, -0.25) is 4.79 Å². The van der Waals surface area contributed by atoms with Gasteiger partial charge >= 0.3 is 0 Å². The fraction of sp³-hybridized carbons (Fsp3) is 0.235. The van der Waals surface area contributed by atoms with Crippen molar-refractivity contribution >= 4 is 21.8 Å². The largest absolute Gasteiger partial charge is 0.492 e. The molecule has 0 aliphatic heterocycles. The van der Waals surface area contributed by atoms with Crippen molar-refractivity contribution in [1.82, 2.24) is 5.32 Å². The molecule has 0 aliphatic rings. The molecular weight excluding hydrogens is 330 g/mol. The lowest BCUT2D eigenvalue weighted by Crippen LogP contribution is -2.28. The predicted molar refractivity (Wildman–Crippen MR) is 87.9 cm³/mol. The highest BCUT2D eigenvalue weighted by atomic mass is 79.9. The van der Waals surface area contributed by atoms with Crippen LogP contribution in [0.1, 0.15) is 21.5 Å². The second-order valence-electron chi connectivity index (χ2n) is 4.86. The van der Waals surface area contributed by atoms with E-state index in [1.807, 2.05) is 56.3 Å². The van der Waals surface area contributed by atoms with Gasteiger partial charge in [0.1, 0.15) is 12.4 Å². The number of hydrogen-bond donors (Lipinski definition) is 1. The van der Waals surface area contributed by atoms with E-state index in [1.54, 1.807) is 0 Å². The Morgan fingerprint density at radius 2 is 1.81 bits per heavy atom. The van der Waals surface area contributed by atoms with E-state index in [2.05, 4.69) is 21.2 Å². The van der Waals surface area contributed by atoms with Gasteiger partial charge in [0, 0.05) is 10.0 Å². The average Bonchev–Trinajstić information content (AvgIpc) is 2.48. The molecule has 0 atom stereocenters. The quantitative estimate of drug-likeness (QED) is 0.833. The maximum absolute atomic E-state index is 12.0. The van der Waals surface area contributed by atoms with Crippen molar-refractivity contribution in [2.45, 2.75) is 13.8 Å². The fourth-order valence-electron chi connectivity index (χ4n) is 1.85. The van der Waals surface area contributed by atoms with Gasteiger partial charge in [0.05, 0.1) is 6.54 Å². The molecule has 0 aliphatic carbocycles. The van der Waals surface area contributed by atoms with Crippen LogP contribution < -0.4 is 10.1 Å². The highest BCUT2D eigenvalue weighted by Gasteiger charge is 2.05. The number of aryl methyl sites for hydroxylation is 2. The minimum atomic E-state index is -0.0718. The first-order valence-corrected chi connectivity index (χ1v) is 7.59. The third-order valence-corrected chi connectivity index (χ3v) is 3.77. The Hall–Kier alpha value is -1.81. The van der Waals surface area contributed by atoms with E-state index in [9.17, 15) is 4.79 Å². The summed E-state index contributed by atoms with van der Waals surface area (Å²) in [6.07, 6.45) is 0. The first-order chi connectivity index (χ1) is 10.1. The maximum atomic E-state index is 12.0. The van der Waals surface area contributed by atoms with Crippen molar-refractivity contribution in [1.29, 1.82) is 0 Å². The standard InChI is InChI=1S/C17H18BrNO2/c1-12-3-4-14(11-13(12)2)17(20)19-9-10-21-16-7-5-15(18)6-8-16/h3-8,11H,9-10H2,1-2H3,(H,19,20). The molecule has 2 aromatic rings. The summed E-state index contributed by atoms with van der Waals surface area (Å²) in [5, 5.41) is 2.85. The summed E-state index contributed by atoms with van der Waals surface area (Å²) in [5.41, 5.74) is 2.99. The third-order valence-electron chi connectivity index (χ3n) is 3.24. The molecule has 1 N–H and O–H groups in total. The summed E-state index contributed by atoms with van der Waals surface area (Å²) < 4.78 is 6.57. The Bertz CT molecular complexity index is 623. The number of ether oxygens (including phenoxy) is 1. The SMILES string of the molecule is Cc1ccc(C(=O)NCCOc2ccc(Br)cc2)cc1C. The molecule has 2 rings (SSSR count). The first-order valence-electron chi connectivity index (χ1n) is 6.80. The zero-order valence-corrected chi connectivity index (χ0v) is 13.7. The molecule has 0 saturated heterocycles. The predicted octanol–water partition coefficient (Wildman–Crippen LogP) is 3.87. The van der Waals surface area contributed by atoms with Crippen molar-refractivity contribution in [2.24, 2.45) is 0 Å². The number of rotatable bonds is 5. The van der Waals surface area contributed by atoms with Crippen molar-refractivity contribution in [3.63, 3.8) is 0 Å². The Morgan fingerprint density at radius 3 is 2.48 bits per heavy atom. The second kappa shape index (κ2) is 7.27. The molecule has 0 spiro atoms. The third kappa shape index (κ3) is 4.60. The number of halogens is 1.